The summed E-state index contributed by atoms with van der Waals surface area (Å²) in [6, 6.07) is 14.7. The zero-order valence-electron chi connectivity index (χ0n) is 13.4. The molecule has 0 radical (unpaired) electrons. The fourth-order valence-electron chi connectivity index (χ4n) is 2.09. The Morgan fingerprint density at radius 1 is 1.12 bits per heavy atom. The molecule has 0 aliphatic heterocycles. The van der Waals surface area contributed by atoms with Crippen molar-refractivity contribution in [3.63, 3.8) is 0 Å². The van der Waals surface area contributed by atoms with Crippen molar-refractivity contribution < 1.29 is 13.9 Å². The monoisotopic (exact) mass is 418 g/mol. The van der Waals surface area contributed by atoms with Crippen molar-refractivity contribution in [1.82, 2.24) is 10.2 Å². The molecule has 5 nitrogen and oxygen atoms in total. The topological polar surface area (TPSA) is 65.2 Å². The molecule has 0 fully saturated rings. The number of carbonyl (C=O) groups excluding carboxylic acids is 1. The van der Waals surface area contributed by atoms with Crippen LogP contribution in [0, 0.1) is 0 Å². The number of carbonyl (C=O) groups is 1. The number of benzene rings is 2. The van der Waals surface area contributed by atoms with E-state index in [1.165, 1.54) is 11.8 Å². The molecule has 0 aliphatic carbocycles. The molecule has 0 N–H and O–H groups in total. The van der Waals surface area contributed by atoms with E-state index in [0.717, 1.165) is 15.8 Å². The number of thioether (sulfide) groups is 1. The van der Waals surface area contributed by atoms with Crippen LogP contribution in [-0.2, 0) is 0 Å². The standard InChI is InChI=1S/C18H15BrN2O3S/c1-2-23-15-9-5-13(6-10-15)17-20-21-18(24-17)25-11-16(22)12-3-7-14(19)8-4-12/h3-10H,2,11H2,1H3. The maximum atomic E-state index is 12.2. The highest BCUT2D eigenvalue weighted by atomic mass is 79.9. The summed E-state index contributed by atoms with van der Waals surface area (Å²) in [5.41, 5.74) is 1.46. The van der Waals surface area contributed by atoms with Gasteiger partial charge in [0.2, 0.25) is 5.89 Å². The molecule has 128 valence electrons. The van der Waals surface area contributed by atoms with Gasteiger partial charge in [0.05, 0.1) is 12.4 Å². The summed E-state index contributed by atoms with van der Waals surface area (Å²) in [6.07, 6.45) is 0. The first-order valence-electron chi connectivity index (χ1n) is 7.64. The molecule has 3 rings (SSSR count). The summed E-state index contributed by atoms with van der Waals surface area (Å²) < 4.78 is 12.0. The Labute approximate surface area is 157 Å². The molecule has 0 spiro atoms. The molecule has 3 aromatic rings. The van der Waals surface area contributed by atoms with Crippen LogP contribution in [0.15, 0.2) is 62.6 Å². The second kappa shape index (κ2) is 8.31. The number of hydrogen-bond acceptors (Lipinski definition) is 6. The number of halogens is 1. The van der Waals surface area contributed by atoms with Gasteiger partial charge in [-0.05, 0) is 43.3 Å². The predicted molar refractivity (Wildman–Crippen MR) is 100 cm³/mol. The summed E-state index contributed by atoms with van der Waals surface area (Å²) in [7, 11) is 0. The first-order chi connectivity index (χ1) is 12.2. The SMILES string of the molecule is CCOc1ccc(-c2nnc(SCC(=O)c3ccc(Br)cc3)o2)cc1. The van der Waals surface area contributed by atoms with Crippen LogP contribution in [-0.4, -0.2) is 28.3 Å². The molecule has 7 heteroatoms. The van der Waals surface area contributed by atoms with Gasteiger partial charge in [-0.3, -0.25) is 4.79 Å². The third-order valence-corrected chi connectivity index (χ3v) is 4.66. The minimum atomic E-state index is 0.0123. The van der Waals surface area contributed by atoms with Gasteiger partial charge in [-0.2, -0.15) is 0 Å². The molecular weight excluding hydrogens is 404 g/mol. The highest BCUT2D eigenvalue weighted by Gasteiger charge is 2.12. The van der Waals surface area contributed by atoms with E-state index in [1.807, 2.05) is 43.3 Å². The Hall–Kier alpha value is -2.12. The van der Waals surface area contributed by atoms with Crippen molar-refractivity contribution in [2.75, 3.05) is 12.4 Å². The number of hydrogen-bond donors (Lipinski definition) is 0. The van der Waals surface area contributed by atoms with Crippen molar-refractivity contribution in [2.45, 2.75) is 12.1 Å². The Morgan fingerprint density at radius 2 is 1.84 bits per heavy atom. The van der Waals surface area contributed by atoms with Gasteiger partial charge in [-0.1, -0.05) is 39.8 Å². The molecule has 0 amide bonds. The van der Waals surface area contributed by atoms with Gasteiger partial charge in [-0.15, -0.1) is 10.2 Å². The van der Waals surface area contributed by atoms with E-state index >= 15 is 0 Å². The van der Waals surface area contributed by atoms with Gasteiger partial charge >= 0.3 is 0 Å². The molecule has 1 heterocycles. The third kappa shape index (κ3) is 4.70. The highest BCUT2D eigenvalue weighted by molar-refractivity contribution is 9.10. The molecule has 0 atom stereocenters. The molecule has 0 bridgehead atoms. The van der Waals surface area contributed by atoms with Gasteiger partial charge < -0.3 is 9.15 Å². The van der Waals surface area contributed by atoms with Gasteiger partial charge in [-0.25, -0.2) is 0 Å². The number of ketones is 1. The minimum absolute atomic E-state index is 0.0123. The lowest BCUT2D eigenvalue weighted by atomic mass is 10.2. The van der Waals surface area contributed by atoms with Gasteiger partial charge in [0.15, 0.2) is 5.78 Å². The molecule has 0 saturated carbocycles. The second-order valence-electron chi connectivity index (χ2n) is 5.05. The van der Waals surface area contributed by atoms with E-state index in [4.69, 9.17) is 9.15 Å². The lowest BCUT2D eigenvalue weighted by Crippen LogP contribution is -2.01. The zero-order chi connectivity index (χ0) is 17.6. The molecule has 0 saturated heterocycles. The van der Waals surface area contributed by atoms with E-state index in [2.05, 4.69) is 26.1 Å². The van der Waals surface area contributed by atoms with Crippen LogP contribution in [0.4, 0.5) is 0 Å². The molecule has 1 aromatic heterocycles. The molecule has 2 aromatic carbocycles. The number of aromatic nitrogens is 2. The van der Waals surface area contributed by atoms with Crippen molar-refractivity contribution in [1.29, 1.82) is 0 Å². The average Bonchev–Trinajstić information content (AvgIpc) is 3.10. The number of rotatable bonds is 7. The fourth-order valence-corrected chi connectivity index (χ4v) is 3.01. The summed E-state index contributed by atoms with van der Waals surface area (Å²) >= 11 is 4.58. The van der Waals surface area contributed by atoms with Gasteiger partial charge in [0, 0.05) is 15.6 Å². The third-order valence-electron chi connectivity index (χ3n) is 3.31. The Morgan fingerprint density at radius 3 is 2.52 bits per heavy atom. The zero-order valence-corrected chi connectivity index (χ0v) is 15.8. The summed E-state index contributed by atoms with van der Waals surface area (Å²) in [4.78, 5) is 12.2. The highest BCUT2D eigenvalue weighted by Crippen LogP contribution is 2.25. The quantitative estimate of drug-likeness (QED) is 0.402. The van der Waals surface area contributed by atoms with E-state index < -0.39 is 0 Å². The minimum Gasteiger partial charge on any atom is -0.494 e. The van der Waals surface area contributed by atoms with Crippen LogP contribution >= 0.6 is 27.7 Å². The van der Waals surface area contributed by atoms with E-state index in [1.54, 1.807) is 12.1 Å². The van der Waals surface area contributed by atoms with Crippen LogP contribution in [0.1, 0.15) is 17.3 Å². The normalized spacial score (nSPS) is 10.6. The lowest BCUT2D eigenvalue weighted by Gasteiger charge is -2.02. The summed E-state index contributed by atoms with van der Waals surface area (Å²) in [5, 5.41) is 8.38. The maximum absolute atomic E-state index is 12.2. The number of nitrogens with zero attached hydrogens (tertiary/aromatic N) is 2. The predicted octanol–water partition coefficient (Wildman–Crippen LogP) is 4.87. The van der Waals surface area contributed by atoms with E-state index in [-0.39, 0.29) is 11.5 Å². The van der Waals surface area contributed by atoms with Crippen LogP contribution in [0.3, 0.4) is 0 Å². The first-order valence-corrected chi connectivity index (χ1v) is 9.42. The van der Waals surface area contributed by atoms with Crippen molar-refractivity contribution in [3.05, 3.63) is 58.6 Å². The average molecular weight is 419 g/mol. The van der Waals surface area contributed by atoms with Crippen LogP contribution in [0.5, 0.6) is 5.75 Å². The lowest BCUT2D eigenvalue weighted by molar-refractivity contribution is 0.102. The van der Waals surface area contributed by atoms with Crippen LogP contribution in [0.25, 0.3) is 11.5 Å². The van der Waals surface area contributed by atoms with Gasteiger partial charge in [0.1, 0.15) is 5.75 Å². The van der Waals surface area contributed by atoms with E-state index in [9.17, 15) is 4.79 Å². The first kappa shape index (κ1) is 17.7. The maximum Gasteiger partial charge on any atom is 0.277 e. The Kier molecular flexibility index (Phi) is 5.88. The van der Waals surface area contributed by atoms with Crippen LogP contribution < -0.4 is 4.74 Å². The Balaban J connectivity index is 1.61. The molecule has 0 aliphatic rings. The smallest absolute Gasteiger partial charge is 0.277 e. The molecular formula is C18H15BrN2O3S. The molecule has 0 unspecified atom stereocenters. The fraction of sp³-hybridized carbons (Fsp3) is 0.167. The Bertz CT molecular complexity index is 848. The largest absolute Gasteiger partial charge is 0.494 e. The number of ether oxygens (including phenoxy) is 1. The van der Waals surface area contributed by atoms with Gasteiger partial charge in [0.25, 0.3) is 5.22 Å². The number of Topliss-reactive ketones (excluding diaryl/α,β-unsaturated/α-hetero) is 1. The van der Waals surface area contributed by atoms with Crippen molar-refractivity contribution in [2.24, 2.45) is 0 Å². The van der Waals surface area contributed by atoms with E-state index in [0.29, 0.717) is 23.3 Å². The van der Waals surface area contributed by atoms with Crippen LogP contribution in [0.2, 0.25) is 0 Å². The van der Waals surface area contributed by atoms with Crippen molar-refractivity contribution >= 4 is 33.5 Å². The molecule has 25 heavy (non-hydrogen) atoms. The summed E-state index contributed by atoms with van der Waals surface area (Å²) in [6.45, 7) is 2.55. The second-order valence-corrected chi connectivity index (χ2v) is 6.89. The summed E-state index contributed by atoms with van der Waals surface area (Å²) in [5.74, 6) is 1.47. The van der Waals surface area contributed by atoms with Crippen molar-refractivity contribution in [3.8, 4) is 17.2 Å².